The predicted octanol–water partition coefficient (Wildman–Crippen LogP) is 2.76. The van der Waals surface area contributed by atoms with Gasteiger partial charge in [0.2, 0.25) is 0 Å². The van der Waals surface area contributed by atoms with Crippen molar-refractivity contribution in [2.45, 2.75) is 52.7 Å². The molecule has 0 saturated carbocycles. The Kier molecular flexibility index (Phi) is 7.24. The van der Waals surface area contributed by atoms with Crippen molar-refractivity contribution >= 4 is 6.03 Å². The van der Waals surface area contributed by atoms with E-state index in [1.165, 1.54) is 12.8 Å². The molecule has 0 unspecified atom stereocenters. The zero-order valence-corrected chi connectivity index (χ0v) is 17.7. The number of rotatable bonds is 6. The fourth-order valence-electron chi connectivity index (χ4n) is 4.48. The van der Waals surface area contributed by atoms with Crippen molar-refractivity contribution in [1.29, 1.82) is 0 Å². The highest BCUT2D eigenvalue weighted by molar-refractivity contribution is 5.74. The fourth-order valence-corrected chi connectivity index (χ4v) is 4.48. The van der Waals surface area contributed by atoms with Crippen LogP contribution in [0.1, 0.15) is 50.9 Å². The van der Waals surface area contributed by atoms with Crippen molar-refractivity contribution in [3.05, 3.63) is 23.8 Å². The SMILES string of the molecule is CCN(CC)C(=O)N1CCC2(CCN(Cc3cnc(COC)nc3)CC2)CC1. The Balaban J connectivity index is 1.46. The molecule has 1 aromatic heterocycles. The molecule has 156 valence electrons. The van der Waals surface area contributed by atoms with Crippen molar-refractivity contribution in [3.63, 3.8) is 0 Å². The van der Waals surface area contributed by atoms with Crippen molar-refractivity contribution in [1.82, 2.24) is 24.7 Å². The molecule has 2 aliphatic heterocycles. The van der Waals surface area contributed by atoms with Crippen LogP contribution in [0.15, 0.2) is 12.4 Å². The fraction of sp³-hybridized carbons (Fsp3) is 0.762. The average Bonchev–Trinajstić information content (AvgIpc) is 2.73. The van der Waals surface area contributed by atoms with Gasteiger partial charge >= 0.3 is 6.03 Å². The first-order valence-corrected chi connectivity index (χ1v) is 10.6. The van der Waals surface area contributed by atoms with E-state index in [9.17, 15) is 4.79 Å². The molecule has 1 aromatic rings. The van der Waals surface area contributed by atoms with E-state index in [4.69, 9.17) is 4.74 Å². The molecular weight excluding hydrogens is 354 g/mol. The van der Waals surface area contributed by atoms with Crippen LogP contribution in [0, 0.1) is 5.41 Å². The third-order valence-electron chi connectivity index (χ3n) is 6.48. The molecule has 7 heteroatoms. The molecule has 3 heterocycles. The first-order valence-electron chi connectivity index (χ1n) is 10.6. The van der Waals surface area contributed by atoms with Crippen molar-refractivity contribution in [2.24, 2.45) is 5.41 Å². The standard InChI is InChI=1S/C21H35N5O2/c1-4-25(5-2)20(27)26-12-8-21(9-13-26)6-10-24(11-7-21)16-18-14-22-19(17-28-3)23-15-18/h14-15H,4-13,16-17H2,1-3H3. The Bertz CT molecular complexity index is 614. The molecule has 7 nitrogen and oxygen atoms in total. The van der Waals surface area contributed by atoms with Gasteiger partial charge in [-0.3, -0.25) is 4.90 Å². The number of methoxy groups -OCH3 is 1. The topological polar surface area (TPSA) is 61.8 Å². The first-order chi connectivity index (χ1) is 13.6. The second-order valence-electron chi connectivity index (χ2n) is 8.16. The Morgan fingerprint density at radius 2 is 1.64 bits per heavy atom. The van der Waals surface area contributed by atoms with Gasteiger partial charge in [0.25, 0.3) is 0 Å². The lowest BCUT2D eigenvalue weighted by atomic mass is 9.71. The maximum absolute atomic E-state index is 12.6. The third kappa shape index (κ3) is 5.00. The number of urea groups is 1. The minimum Gasteiger partial charge on any atom is -0.377 e. The summed E-state index contributed by atoms with van der Waals surface area (Å²) in [4.78, 5) is 27.8. The van der Waals surface area contributed by atoms with Gasteiger partial charge in [0, 0.05) is 57.8 Å². The second-order valence-corrected chi connectivity index (χ2v) is 8.16. The normalized spacial score (nSPS) is 19.8. The maximum Gasteiger partial charge on any atom is 0.319 e. The van der Waals surface area contributed by atoms with Gasteiger partial charge in [0.05, 0.1) is 0 Å². The quantitative estimate of drug-likeness (QED) is 0.749. The number of likely N-dealkylation sites (tertiary alicyclic amines) is 2. The summed E-state index contributed by atoms with van der Waals surface area (Å²) in [5.41, 5.74) is 1.59. The van der Waals surface area contributed by atoms with Gasteiger partial charge in [-0.15, -0.1) is 0 Å². The van der Waals surface area contributed by atoms with Gasteiger partial charge in [-0.25, -0.2) is 14.8 Å². The van der Waals surface area contributed by atoms with E-state index in [1.807, 2.05) is 17.3 Å². The van der Waals surface area contributed by atoms with E-state index in [0.29, 0.717) is 12.0 Å². The van der Waals surface area contributed by atoms with Crippen LogP contribution in [0.3, 0.4) is 0 Å². The smallest absolute Gasteiger partial charge is 0.319 e. The van der Waals surface area contributed by atoms with Gasteiger partial charge in [-0.2, -0.15) is 0 Å². The number of hydrogen-bond donors (Lipinski definition) is 0. The number of carbonyl (C=O) groups excluding carboxylic acids is 1. The Morgan fingerprint density at radius 1 is 1.07 bits per heavy atom. The first kappa shape index (κ1) is 21.0. The summed E-state index contributed by atoms with van der Waals surface area (Å²) >= 11 is 0. The Labute approximate surface area is 169 Å². The molecule has 2 aliphatic rings. The minimum atomic E-state index is 0.217. The summed E-state index contributed by atoms with van der Waals surface area (Å²) < 4.78 is 5.07. The van der Waals surface area contributed by atoms with Crippen molar-refractivity contribution in [3.8, 4) is 0 Å². The number of carbonyl (C=O) groups is 1. The molecule has 1 spiro atoms. The van der Waals surface area contributed by atoms with Crippen LogP contribution >= 0.6 is 0 Å². The average molecular weight is 390 g/mol. The summed E-state index contributed by atoms with van der Waals surface area (Å²) in [5, 5.41) is 0. The van der Waals surface area contributed by atoms with Gasteiger partial charge in [-0.1, -0.05) is 0 Å². The number of nitrogens with zero attached hydrogens (tertiary/aromatic N) is 5. The van der Waals surface area contributed by atoms with Gasteiger partial charge in [0.15, 0.2) is 5.82 Å². The summed E-state index contributed by atoms with van der Waals surface area (Å²) in [7, 11) is 1.66. The third-order valence-corrected chi connectivity index (χ3v) is 6.48. The number of piperidine rings is 2. The van der Waals surface area contributed by atoms with E-state index >= 15 is 0 Å². The van der Waals surface area contributed by atoms with Gasteiger partial charge in [0.1, 0.15) is 6.61 Å². The van der Waals surface area contributed by atoms with Crippen LogP contribution < -0.4 is 0 Å². The zero-order valence-electron chi connectivity index (χ0n) is 17.7. The molecule has 28 heavy (non-hydrogen) atoms. The van der Waals surface area contributed by atoms with E-state index in [-0.39, 0.29) is 6.03 Å². The van der Waals surface area contributed by atoms with E-state index in [2.05, 4.69) is 33.6 Å². The number of aromatic nitrogens is 2. The molecule has 2 fully saturated rings. The molecule has 0 aromatic carbocycles. The molecule has 0 bridgehead atoms. The maximum atomic E-state index is 12.6. The molecule has 0 N–H and O–H groups in total. The number of hydrogen-bond acceptors (Lipinski definition) is 5. The lowest BCUT2D eigenvalue weighted by Gasteiger charge is -2.47. The molecule has 2 amide bonds. The summed E-state index contributed by atoms with van der Waals surface area (Å²) in [6.07, 6.45) is 8.57. The Hall–Kier alpha value is -1.73. The van der Waals surface area contributed by atoms with Gasteiger partial charge < -0.3 is 14.5 Å². The van der Waals surface area contributed by atoms with Crippen molar-refractivity contribution in [2.75, 3.05) is 46.4 Å². The van der Waals surface area contributed by atoms with Crippen LogP contribution in [0.4, 0.5) is 4.79 Å². The predicted molar refractivity (Wildman–Crippen MR) is 109 cm³/mol. The van der Waals surface area contributed by atoms with E-state index in [1.54, 1.807) is 7.11 Å². The molecule has 0 radical (unpaired) electrons. The van der Waals surface area contributed by atoms with Crippen LogP contribution in [0.25, 0.3) is 0 Å². The number of ether oxygens (including phenoxy) is 1. The number of amides is 2. The largest absolute Gasteiger partial charge is 0.377 e. The van der Waals surface area contributed by atoms with Crippen LogP contribution in [0.5, 0.6) is 0 Å². The summed E-state index contributed by atoms with van der Waals surface area (Å²) in [5.74, 6) is 0.731. The monoisotopic (exact) mass is 389 g/mol. The molecule has 3 rings (SSSR count). The minimum absolute atomic E-state index is 0.217. The lowest BCUT2D eigenvalue weighted by Crippen LogP contribution is -2.51. The highest BCUT2D eigenvalue weighted by Gasteiger charge is 2.39. The van der Waals surface area contributed by atoms with E-state index in [0.717, 1.165) is 70.0 Å². The second kappa shape index (κ2) is 9.65. The summed E-state index contributed by atoms with van der Waals surface area (Å²) in [6.45, 7) is 11.1. The van der Waals surface area contributed by atoms with Crippen LogP contribution in [-0.4, -0.2) is 77.1 Å². The zero-order chi connectivity index (χ0) is 20.0. The highest BCUT2D eigenvalue weighted by Crippen LogP contribution is 2.41. The van der Waals surface area contributed by atoms with Crippen LogP contribution in [0.2, 0.25) is 0 Å². The summed E-state index contributed by atoms with van der Waals surface area (Å²) in [6, 6.07) is 0.217. The lowest BCUT2D eigenvalue weighted by molar-refractivity contribution is 0.0371. The molecule has 2 saturated heterocycles. The van der Waals surface area contributed by atoms with E-state index < -0.39 is 0 Å². The van der Waals surface area contributed by atoms with Gasteiger partial charge in [-0.05, 0) is 58.0 Å². The molecule has 0 atom stereocenters. The van der Waals surface area contributed by atoms with Crippen molar-refractivity contribution < 1.29 is 9.53 Å². The molecular formula is C21H35N5O2. The Morgan fingerprint density at radius 3 is 2.18 bits per heavy atom. The highest BCUT2D eigenvalue weighted by atomic mass is 16.5. The molecule has 0 aliphatic carbocycles. The van der Waals surface area contributed by atoms with Crippen LogP contribution in [-0.2, 0) is 17.9 Å².